The Kier molecular flexibility index (Phi) is 6.39. The van der Waals surface area contributed by atoms with Crippen molar-refractivity contribution in [2.45, 2.75) is 45.2 Å². The highest BCUT2D eigenvalue weighted by Crippen LogP contribution is 2.37. The average Bonchev–Trinajstić information content (AvgIpc) is 3.60. The van der Waals surface area contributed by atoms with E-state index in [4.69, 9.17) is 11.6 Å². The van der Waals surface area contributed by atoms with Crippen molar-refractivity contribution in [3.63, 3.8) is 0 Å². The third-order valence-electron chi connectivity index (χ3n) is 6.16. The number of anilines is 2. The number of nitrogens with zero attached hydrogens (tertiary/aromatic N) is 5. The molecule has 1 aliphatic rings. The molecule has 0 bridgehead atoms. The minimum Gasteiger partial charge on any atom is -0.383 e. The lowest BCUT2D eigenvalue weighted by molar-refractivity contribution is 0.607. The summed E-state index contributed by atoms with van der Waals surface area (Å²) < 4.78 is 25.0. The minimum atomic E-state index is -1.58. The van der Waals surface area contributed by atoms with Crippen LogP contribution < -0.4 is 10.6 Å². The fourth-order valence-electron chi connectivity index (χ4n) is 4.05. The Morgan fingerprint density at radius 2 is 2.06 bits per heavy atom. The monoisotopic (exact) mass is 504 g/mol. The van der Waals surface area contributed by atoms with Crippen LogP contribution in [0.5, 0.6) is 0 Å². The van der Waals surface area contributed by atoms with E-state index in [1.165, 1.54) is 18.3 Å². The molecule has 7 nitrogen and oxygen atoms in total. The van der Waals surface area contributed by atoms with Gasteiger partial charge in [0.15, 0.2) is 0 Å². The van der Waals surface area contributed by atoms with Crippen LogP contribution in [0, 0.1) is 23.1 Å². The van der Waals surface area contributed by atoms with Crippen molar-refractivity contribution in [3.05, 3.63) is 76.5 Å². The van der Waals surface area contributed by atoms with Gasteiger partial charge in [-0.1, -0.05) is 42.8 Å². The van der Waals surface area contributed by atoms with E-state index < -0.39 is 11.8 Å². The Labute approximate surface area is 215 Å². The van der Waals surface area contributed by atoms with Gasteiger partial charge < -0.3 is 10.6 Å². The summed E-state index contributed by atoms with van der Waals surface area (Å²) in [4.78, 5) is 4.41. The summed E-state index contributed by atoms with van der Waals surface area (Å²) in [6, 6.07) is 10.2. The van der Waals surface area contributed by atoms with Crippen molar-refractivity contribution < 1.29 is 5.76 Å². The predicted octanol–water partition coefficient (Wildman–Crippen LogP) is 6.48. The molecule has 0 amide bonds. The number of halogens is 2. The molecule has 2 aromatic heterocycles. The fourth-order valence-corrected chi connectivity index (χ4v) is 4.31. The molecular weight excluding hydrogens is 477 g/mol. The first-order chi connectivity index (χ1) is 17.8. The van der Waals surface area contributed by atoms with Gasteiger partial charge in [-0.2, -0.15) is 5.26 Å². The highest BCUT2D eigenvalue weighted by Gasteiger charge is 2.27. The minimum absolute atomic E-state index is 0.295. The molecule has 1 atom stereocenters. The number of nitrogens with one attached hydrogen (secondary N) is 2. The van der Waals surface area contributed by atoms with Gasteiger partial charge in [-0.05, 0) is 55.0 Å². The largest absolute Gasteiger partial charge is 0.383 e. The maximum absolute atomic E-state index is 13.7. The molecule has 0 unspecified atom stereocenters. The van der Waals surface area contributed by atoms with Gasteiger partial charge in [0.05, 0.1) is 41.4 Å². The van der Waals surface area contributed by atoms with Gasteiger partial charge in [-0.25, -0.2) is 9.07 Å². The zero-order valence-corrected chi connectivity index (χ0v) is 20.8. The molecule has 4 aromatic rings. The lowest BCUT2D eigenvalue weighted by Crippen LogP contribution is -2.13. The van der Waals surface area contributed by atoms with Crippen molar-refractivity contribution >= 4 is 33.9 Å². The molecule has 184 valence electrons. The van der Waals surface area contributed by atoms with Gasteiger partial charge in [0.1, 0.15) is 17.6 Å². The Bertz CT molecular complexity index is 1480. The number of rotatable bonds is 9. The lowest BCUT2D eigenvalue weighted by atomic mass is 10.0. The van der Waals surface area contributed by atoms with E-state index in [0.717, 1.165) is 19.3 Å². The Morgan fingerprint density at radius 3 is 2.75 bits per heavy atom. The van der Waals surface area contributed by atoms with Crippen molar-refractivity contribution in [1.29, 1.82) is 5.26 Å². The van der Waals surface area contributed by atoms with E-state index in [1.807, 2.05) is 6.07 Å². The zero-order valence-electron chi connectivity index (χ0n) is 21.1. The second kappa shape index (κ2) is 10.1. The van der Waals surface area contributed by atoms with Gasteiger partial charge in [0.2, 0.25) is 0 Å². The van der Waals surface area contributed by atoms with Crippen molar-refractivity contribution in [2.24, 2.45) is 5.92 Å². The number of hydrogen-bond donors (Lipinski definition) is 2. The maximum Gasteiger partial charge on any atom is 0.123 e. The van der Waals surface area contributed by atoms with E-state index in [9.17, 15) is 11.0 Å². The molecule has 0 spiro atoms. The number of aromatic nitrogens is 4. The third-order valence-corrected chi connectivity index (χ3v) is 6.45. The van der Waals surface area contributed by atoms with Gasteiger partial charge in [-0.3, -0.25) is 4.98 Å². The molecule has 2 aromatic carbocycles. The molecule has 5 rings (SSSR count). The highest BCUT2D eigenvalue weighted by atomic mass is 35.5. The second-order valence-corrected chi connectivity index (χ2v) is 9.85. The Morgan fingerprint density at radius 1 is 1.28 bits per heavy atom. The van der Waals surface area contributed by atoms with Crippen LogP contribution in [0.4, 0.5) is 15.8 Å². The Hall–Kier alpha value is -3.70. The summed E-state index contributed by atoms with van der Waals surface area (Å²) in [6.45, 7) is 4.96. The Balaban J connectivity index is 1.59. The number of pyridine rings is 1. The molecule has 9 heteroatoms. The van der Waals surface area contributed by atoms with Gasteiger partial charge in [0.25, 0.3) is 0 Å². The van der Waals surface area contributed by atoms with E-state index in [1.54, 1.807) is 29.1 Å². The van der Waals surface area contributed by atoms with Crippen LogP contribution in [0.2, 0.25) is 5.02 Å². The van der Waals surface area contributed by atoms with Crippen LogP contribution in [0.1, 0.15) is 63.4 Å². The van der Waals surface area contributed by atoms with E-state index in [2.05, 4.69) is 45.8 Å². The van der Waals surface area contributed by atoms with Crippen LogP contribution in [-0.2, 0) is 0 Å². The first kappa shape index (κ1) is 22.7. The molecule has 36 heavy (non-hydrogen) atoms. The molecule has 0 radical (unpaired) electrons. The first-order valence-electron chi connectivity index (χ1n) is 12.5. The fraction of sp³-hybridized carbons (Fsp3) is 0.333. The van der Waals surface area contributed by atoms with Crippen LogP contribution in [0.25, 0.3) is 10.9 Å². The van der Waals surface area contributed by atoms with E-state index in [-0.39, 0.29) is 0 Å². The number of hydrogen-bond acceptors (Lipinski definition) is 6. The summed E-state index contributed by atoms with van der Waals surface area (Å²) in [5.74, 6) is 0.101. The first-order valence-corrected chi connectivity index (χ1v) is 12.4. The van der Waals surface area contributed by atoms with Gasteiger partial charge in [-0.15, -0.1) is 5.10 Å². The highest BCUT2D eigenvalue weighted by molar-refractivity contribution is 6.35. The molecule has 1 saturated carbocycles. The molecule has 0 aliphatic heterocycles. The van der Waals surface area contributed by atoms with Crippen molar-refractivity contribution in [2.75, 3.05) is 17.2 Å². The summed E-state index contributed by atoms with van der Waals surface area (Å²) in [6.07, 6.45) is 6.26. The molecule has 2 heterocycles. The summed E-state index contributed by atoms with van der Waals surface area (Å²) in [5, 5.41) is 25.9. The quantitative estimate of drug-likeness (QED) is 0.271. The average molecular weight is 505 g/mol. The van der Waals surface area contributed by atoms with Crippen molar-refractivity contribution in [1.82, 2.24) is 20.0 Å². The van der Waals surface area contributed by atoms with Crippen LogP contribution >= 0.6 is 11.6 Å². The molecule has 1 fully saturated rings. The van der Waals surface area contributed by atoms with Crippen LogP contribution in [0.15, 0.2) is 48.8 Å². The number of nitriles is 1. The smallest absolute Gasteiger partial charge is 0.123 e. The predicted molar refractivity (Wildman–Crippen MR) is 140 cm³/mol. The molecule has 1 aliphatic carbocycles. The van der Waals surface area contributed by atoms with Gasteiger partial charge in [0, 0.05) is 23.8 Å². The number of benzene rings is 2. The third kappa shape index (κ3) is 5.12. The topological polar surface area (TPSA) is 91.5 Å². The summed E-state index contributed by atoms with van der Waals surface area (Å²) in [7, 11) is 0. The standard InChI is InChI=1S/C27H27ClFN7/c1-16(2)9-10-31-25-18(13-30)14-32-27-22(25)11-20(12-23(27)28)33-26(17-3-5-19(29)6-4-17)24-15-36(35-34-24)21-7-8-21/h3-6,11-12,14-16,21,26,33H,7-10H2,1-2H3,(H,31,32)/t26-/m1/s1/i26D. The number of fused-ring (bicyclic) bond motifs is 1. The summed E-state index contributed by atoms with van der Waals surface area (Å²) >= 11 is 6.65. The van der Waals surface area contributed by atoms with E-state index >= 15 is 0 Å². The maximum atomic E-state index is 13.7. The normalized spacial score (nSPS) is 15.4. The van der Waals surface area contributed by atoms with Crippen molar-refractivity contribution in [3.8, 4) is 6.07 Å². The van der Waals surface area contributed by atoms with E-state index in [0.29, 0.717) is 62.6 Å². The molecule has 2 N–H and O–H groups in total. The van der Waals surface area contributed by atoms with Crippen LogP contribution in [-0.4, -0.2) is 26.5 Å². The summed E-state index contributed by atoms with van der Waals surface area (Å²) in [5.41, 5.74) is 3.01. The van der Waals surface area contributed by atoms with Crippen LogP contribution in [0.3, 0.4) is 0 Å². The zero-order chi connectivity index (χ0) is 26.2. The second-order valence-electron chi connectivity index (χ2n) is 9.44. The van der Waals surface area contributed by atoms with Gasteiger partial charge >= 0.3 is 0 Å². The molecule has 0 saturated heterocycles. The lowest BCUT2D eigenvalue weighted by Gasteiger charge is -2.20. The SMILES string of the molecule is [2H][C@@](Nc1cc(Cl)c2ncc(C#N)c(NCCC(C)C)c2c1)(c1ccc(F)cc1)c1cn(C2CC2)nn1. The molecular formula is C27H27ClFN7.